The quantitative estimate of drug-likeness (QED) is 0.558. The maximum Gasteiger partial charge on any atom is 0.268 e. The molecule has 1 aliphatic rings. The van der Waals surface area contributed by atoms with Gasteiger partial charge in [0.25, 0.3) is 11.8 Å². The van der Waals surface area contributed by atoms with Crippen LogP contribution < -0.4 is 10.2 Å². The molecule has 3 aromatic heterocycles. The number of carbonyl (C=O) groups is 1. The zero-order chi connectivity index (χ0) is 19.8. The van der Waals surface area contributed by atoms with Crippen LogP contribution in [-0.4, -0.2) is 45.1 Å². The molecule has 2 N–H and O–H groups in total. The standard InChI is InChI=1S/C21H20N6O2/c1-13-23-21(29-26-13)16-6-4-9-22-19(16)27-10-8-15(12-27)24-20(28)18-11-14-5-2-3-7-17(14)25-18/h2-7,9,11,15,25H,8,10,12H2,1H3,(H,24,28)/t15-/m1/s1. The predicted molar refractivity (Wildman–Crippen MR) is 109 cm³/mol. The van der Waals surface area contributed by atoms with Gasteiger partial charge in [-0.25, -0.2) is 4.98 Å². The number of hydrogen-bond donors (Lipinski definition) is 2. The summed E-state index contributed by atoms with van der Waals surface area (Å²) >= 11 is 0. The molecule has 1 saturated heterocycles. The van der Waals surface area contributed by atoms with E-state index in [1.165, 1.54) is 0 Å². The van der Waals surface area contributed by atoms with Crippen LogP contribution in [0.5, 0.6) is 0 Å². The number of aromatic amines is 1. The number of anilines is 1. The summed E-state index contributed by atoms with van der Waals surface area (Å²) < 4.78 is 5.33. The number of benzene rings is 1. The number of fused-ring (bicyclic) bond motifs is 1. The first-order chi connectivity index (χ1) is 14.2. The number of nitrogens with one attached hydrogen (secondary N) is 2. The summed E-state index contributed by atoms with van der Waals surface area (Å²) in [7, 11) is 0. The molecular weight excluding hydrogens is 368 g/mol. The lowest BCUT2D eigenvalue weighted by molar-refractivity contribution is 0.0936. The van der Waals surface area contributed by atoms with Crippen molar-refractivity contribution in [2.75, 3.05) is 18.0 Å². The van der Waals surface area contributed by atoms with Crippen molar-refractivity contribution in [3.8, 4) is 11.5 Å². The molecule has 8 nitrogen and oxygen atoms in total. The second-order valence-electron chi connectivity index (χ2n) is 7.20. The molecule has 5 rings (SSSR count). The van der Waals surface area contributed by atoms with Gasteiger partial charge in [0.1, 0.15) is 11.5 Å². The lowest BCUT2D eigenvalue weighted by atomic mass is 10.2. The fraction of sp³-hybridized carbons (Fsp3) is 0.238. The summed E-state index contributed by atoms with van der Waals surface area (Å²) in [5, 5.41) is 8.03. The Morgan fingerprint density at radius 3 is 3.00 bits per heavy atom. The molecule has 1 fully saturated rings. The van der Waals surface area contributed by atoms with Crippen LogP contribution in [0.1, 0.15) is 22.7 Å². The van der Waals surface area contributed by atoms with Gasteiger partial charge in [-0.2, -0.15) is 4.98 Å². The highest BCUT2D eigenvalue weighted by Crippen LogP contribution is 2.29. The van der Waals surface area contributed by atoms with Gasteiger partial charge in [-0.1, -0.05) is 23.4 Å². The van der Waals surface area contributed by atoms with E-state index in [2.05, 4.69) is 30.3 Å². The highest BCUT2D eigenvalue weighted by atomic mass is 16.5. The van der Waals surface area contributed by atoms with Crippen molar-refractivity contribution in [3.63, 3.8) is 0 Å². The molecule has 1 atom stereocenters. The van der Waals surface area contributed by atoms with Gasteiger partial charge in [0, 0.05) is 36.2 Å². The van der Waals surface area contributed by atoms with Crippen molar-refractivity contribution >= 4 is 22.6 Å². The van der Waals surface area contributed by atoms with Crippen molar-refractivity contribution in [1.29, 1.82) is 0 Å². The normalized spacial score (nSPS) is 16.4. The number of H-pyrrole nitrogens is 1. The van der Waals surface area contributed by atoms with Crippen molar-refractivity contribution < 1.29 is 9.32 Å². The maximum absolute atomic E-state index is 12.7. The van der Waals surface area contributed by atoms with Crippen molar-refractivity contribution in [1.82, 2.24) is 25.4 Å². The van der Waals surface area contributed by atoms with E-state index in [-0.39, 0.29) is 11.9 Å². The maximum atomic E-state index is 12.7. The third-order valence-corrected chi connectivity index (χ3v) is 5.14. The van der Waals surface area contributed by atoms with Gasteiger partial charge in [-0.15, -0.1) is 0 Å². The second kappa shape index (κ2) is 7.05. The van der Waals surface area contributed by atoms with Crippen molar-refractivity contribution in [2.45, 2.75) is 19.4 Å². The molecule has 0 saturated carbocycles. The Morgan fingerprint density at radius 1 is 1.28 bits per heavy atom. The smallest absolute Gasteiger partial charge is 0.268 e. The minimum Gasteiger partial charge on any atom is -0.354 e. The van der Waals surface area contributed by atoms with Gasteiger partial charge in [0.2, 0.25) is 0 Å². The van der Waals surface area contributed by atoms with Gasteiger partial charge in [-0.05, 0) is 37.6 Å². The van der Waals surface area contributed by atoms with Gasteiger partial charge in [0.05, 0.1) is 5.56 Å². The Labute approximate surface area is 166 Å². The fourth-order valence-corrected chi connectivity index (χ4v) is 3.75. The van der Waals surface area contributed by atoms with Crippen LogP contribution in [0.15, 0.2) is 53.2 Å². The number of aryl methyl sites for hydroxylation is 1. The molecule has 1 aromatic carbocycles. The number of hydrogen-bond acceptors (Lipinski definition) is 6. The third-order valence-electron chi connectivity index (χ3n) is 5.14. The summed E-state index contributed by atoms with van der Waals surface area (Å²) in [6.07, 6.45) is 2.59. The van der Waals surface area contributed by atoms with Crippen LogP contribution in [0.25, 0.3) is 22.4 Å². The average Bonchev–Trinajstić information content (AvgIpc) is 3.47. The molecule has 8 heteroatoms. The van der Waals surface area contributed by atoms with Gasteiger partial charge >= 0.3 is 0 Å². The van der Waals surface area contributed by atoms with E-state index in [0.29, 0.717) is 24.0 Å². The lowest BCUT2D eigenvalue weighted by Crippen LogP contribution is -2.37. The fourth-order valence-electron chi connectivity index (χ4n) is 3.75. The Kier molecular flexibility index (Phi) is 4.23. The van der Waals surface area contributed by atoms with Crippen LogP contribution >= 0.6 is 0 Å². The monoisotopic (exact) mass is 388 g/mol. The minimum atomic E-state index is -0.0955. The van der Waals surface area contributed by atoms with Crippen molar-refractivity contribution in [3.05, 3.63) is 60.2 Å². The lowest BCUT2D eigenvalue weighted by Gasteiger charge is -2.19. The van der Waals surface area contributed by atoms with E-state index in [1.54, 1.807) is 13.1 Å². The van der Waals surface area contributed by atoms with E-state index in [9.17, 15) is 4.79 Å². The molecule has 146 valence electrons. The molecule has 0 aliphatic carbocycles. The number of rotatable bonds is 4. The highest BCUT2D eigenvalue weighted by Gasteiger charge is 2.28. The number of carbonyl (C=O) groups excluding carboxylic acids is 1. The Morgan fingerprint density at radius 2 is 2.17 bits per heavy atom. The Bertz CT molecular complexity index is 1150. The zero-order valence-electron chi connectivity index (χ0n) is 15.9. The summed E-state index contributed by atoms with van der Waals surface area (Å²) in [5.41, 5.74) is 2.33. The molecule has 0 unspecified atom stereocenters. The number of para-hydroxylation sites is 1. The Hall–Kier alpha value is -3.68. The van der Waals surface area contributed by atoms with E-state index >= 15 is 0 Å². The topological polar surface area (TPSA) is 99.9 Å². The van der Waals surface area contributed by atoms with Crippen LogP contribution in [0, 0.1) is 6.92 Å². The molecule has 0 spiro atoms. The molecule has 4 heterocycles. The van der Waals surface area contributed by atoms with Crippen LogP contribution in [0.3, 0.4) is 0 Å². The summed E-state index contributed by atoms with van der Waals surface area (Å²) in [6.45, 7) is 3.24. The summed E-state index contributed by atoms with van der Waals surface area (Å²) in [5.74, 6) is 1.73. The summed E-state index contributed by atoms with van der Waals surface area (Å²) in [6, 6.07) is 13.6. The molecule has 0 radical (unpaired) electrons. The molecule has 0 bridgehead atoms. The first-order valence-corrected chi connectivity index (χ1v) is 9.56. The van der Waals surface area contributed by atoms with Crippen molar-refractivity contribution in [2.24, 2.45) is 0 Å². The number of aromatic nitrogens is 4. The van der Waals surface area contributed by atoms with Gasteiger partial charge < -0.3 is 19.7 Å². The zero-order valence-corrected chi connectivity index (χ0v) is 15.9. The molecule has 4 aromatic rings. The number of pyridine rings is 1. The van der Waals surface area contributed by atoms with Gasteiger partial charge in [0.15, 0.2) is 5.82 Å². The Balaban J connectivity index is 1.31. The molecule has 1 aliphatic heterocycles. The second-order valence-corrected chi connectivity index (χ2v) is 7.20. The van der Waals surface area contributed by atoms with E-state index in [4.69, 9.17) is 4.52 Å². The molecule has 29 heavy (non-hydrogen) atoms. The minimum absolute atomic E-state index is 0.0354. The third kappa shape index (κ3) is 3.33. The number of amides is 1. The van der Waals surface area contributed by atoms with E-state index in [1.807, 2.05) is 42.5 Å². The molecule has 1 amide bonds. The first kappa shape index (κ1) is 17.4. The van der Waals surface area contributed by atoms with Crippen LogP contribution in [0.4, 0.5) is 5.82 Å². The van der Waals surface area contributed by atoms with Crippen LogP contribution in [0.2, 0.25) is 0 Å². The molecular formula is C21H20N6O2. The predicted octanol–water partition coefficient (Wildman–Crippen LogP) is 2.93. The van der Waals surface area contributed by atoms with Crippen LogP contribution in [-0.2, 0) is 0 Å². The largest absolute Gasteiger partial charge is 0.354 e. The highest BCUT2D eigenvalue weighted by molar-refractivity contribution is 5.98. The average molecular weight is 388 g/mol. The first-order valence-electron chi connectivity index (χ1n) is 9.56. The number of nitrogens with zero attached hydrogens (tertiary/aromatic N) is 4. The SMILES string of the molecule is Cc1noc(-c2cccnc2N2CC[C@@H](NC(=O)c3cc4ccccc4[nH]3)C2)n1. The van der Waals surface area contributed by atoms with Gasteiger partial charge in [-0.3, -0.25) is 4.79 Å². The summed E-state index contributed by atoms with van der Waals surface area (Å²) in [4.78, 5) is 26.9. The van der Waals surface area contributed by atoms with E-state index in [0.717, 1.165) is 35.2 Å². The van der Waals surface area contributed by atoms with E-state index < -0.39 is 0 Å².